The molecule has 1 aliphatic heterocycles. The average molecular weight is 443 g/mol. The highest BCUT2D eigenvalue weighted by molar-refractivity contribution is 6.03. The number of nitrogens with one attached hydrogen (secondary N) is 1. The van der Waals surface area contributed by atoms with Crippen LogP contribution in [0.5, 0.6) is 0 Å². The fraction of sp³-hybridized carbons (Fsp3) is 0.286. The van der Waals surface area contributed by atoms with E-state index < -0.39 is 17.9 Å². The van der Waals surface area contributed by atoms with Crippen molar-refractivity contribution >= 4 is 23.4 Å². The Bertz CT molecular complexity index is 1110. The van der Waals surface area contributed by atoms with E-state index in [0.717, 1.165) is 24.5 Å². The summed E-state index contributed by atoms with van der Waals surface area (Å²) < 4.78 is 39.4. The Hall–Kier alpha value is -3.76. The third-order valence-electron chi connectivity index (χ3n) is 5.05. The normalized spacial score (nSPS) is 14.0. The number of amides is 2. The molecule has 11 heteroatoms. The van der Waals surface area contributed by atoms with Gasteiger partial charge in [0.15, 0.2) is 5.82 Å². The van der Waals surface area contributed by atoms with E-state index in [1.807, 2.05) is 6.92 Å². The molecule has 0 saturated carbocycles. The molecule has 0 bridgehead atoms. The molecule has 2 amide bonds. The fourth-order valence-electron chi connectivity index (χ4n) is 3.51. The summed E-state index contributed by atoms with van der Waals surface area (Å²) in [5.74, 6) is 0.710. The highest BCUT2D eigenvalue weighted by Crippen LogP contribution is 2.35. The summed E-state index contributed by atoms with van der Waals surface area (Å²) in [6.45, 7) is 3.80. The summed E-state index contributed by atoms with van der Waals surface area (Å²) in [5.41, 5.74) is 0.310. The molecule has 4 rings (SSSR count). The molecule has 1 N–H and O–H groups in total. The van der Waals surface area contributed by atoms with Crippen LogP contribution in [0.2, 0.25) is 0 Å². The molecule has 0 aliphatic carbocycles. The molecule has 0 radical (unpaired) electrons. The number of pyridine rings is 2. The highest BCUT2D eigenvalue weighted by atomic mass is 19.4. The van der Waals surface area contributed by atoms with E-state index in [-0.39, 0.29) is 5.56 Å². The largest absolute Gasteiger partial charge is 0.433 e. The van der Waals surface area contributed by atoms with E-state index in [2.05, 4.69) is 30.2 Å². The monoisotopic (exact) mass is 443 g/mol. The molecule has 0 atom stereocenters. The Kier molecular flexibility index (Phi) is 5.89. The van der Waals surface area contributed by atoms with E-state index in [1.165, 1.54) is 23.5 Å². The van der Waals surface area contributed by atoms with Gasteiger partial charge in [0.2, 0.25) is 0 Å². The number of hydrogen-bond acceptors (Lipinski definition) is 6. The maximum Gasteiger partial charge on any atom is 0.433 e. The molecule has 0 saturated heterocycles. The van der Waals surface area contributed by atoms with Crippen molar-refractivity contribution in [1.82, 2.24) is 19.9 Å². The number of carbonyl (C=O) groups is 1. The van der Waals surface area contributed by atoms with Crippen LogP contribution in [0.4, 0.5) is 35.3 Å². The van der Waals surface area contributed by atoms with Crippen LogP contribution in [0, 0.1) is 0 Å². The van der Waals surface area contributed by atoms with Gasteiger partial charge in [0.05, 0.1) is 11.4 Å². The Morgan fingerprint density at radius 3 is 2.69 bits per heavy atom. The lowest BCUT2D eigenvalue weighted by Crippen LogP contribution is -2.36. The van der Waals surface area contributed by atoms with Crippen molar-refractivity contribution in [3.05, 3.63) is 54.7 Å². The standard InChI is InChI=1S/C21H20F3N7O/c1-2-30-10-3-11-31(20(32)29-18-7-8-25-13-27-18)19-16(30)5-4-15(28-19)14-6-9-26-17(12-14)21(22,23)24/h4-9,12-13H,2-3,10-11H2,1H3,(H,25,27,29,32). The van der Waals surface area contributed by atoms with Gasteiger partial charge in [-0.05, 0) is 43.7 Å². The van der Waals surface area contributed by atoms with Crippen LogP contribution >= 0.6 is 0 Å². The minimum atomic E-state index is -4.57. The van der Waals surface area contributed by atoms with Crippen LogP contribution in [0.15, 0.2) is 49.1 Å². The second kappa shape index (κ2) is 8.77. The molecule has 8 nitrogen and oxygen atoms in total. The first-order valence-corrected chi connectivity index (χ1v) is 10.0. The van der Waals surface area contributed by atoms with E-state index >= 15 is 0 Å². The highest BCUT2D eigenvalue weighted by Gasteiger charge is 2.33. The van der Waals surface area contributed by atoms with E-state index in [4.69, 9.17) is 0 Å². The molecule has 0 aromatic carbocycles. The molecule has 0 spiro atoms. The van der Waals surface area contributed by atoms with E-state index in [9.17, 15) is 18.0 Å². The third-order valence-corrected chi connectivity index (χ3v) is 5.05. The summed E-state index contributed by atoms with van der Waals surface area (Å²) in [5, 5.41) is 2.72. The lowest BCUT2D eigenvalue weighted by atomic mass is 10.1. The topological polar surface area (TPSA) is 87.1 Å². The molecule has 0 fully saturated rings. The summed E-state index contributed by atoms with van der Waals surface area (Å²) in [7, 11) is 0. The minimum absolute atomic E-state index is 0.263. The summed E-state index contributed by atoms with van der Waals surface area (Å²) >= 11 is 0. The SMILES string of the molecule is CCN1CCCN(C(=O)Nc2ccncn2)c2nc(-c3ccnc(C(F)(F)F)c3)ccc21. The maximum absolute atomic E-state index is 13.1. The number of alkyl halides is 3. The van der Waals surface area contributed by atoms with Gasteiger partial charge >= 0.3 is 12.2 Å². The average Bonchev–Trinajstić information content (AvgIpc) is 2.98. The number of hydrogen-bond donors (Lipinski definition) is 1. The second-order valence-electron chi connectivity index (χ2n) is 7.08. The predicted octanol–water partition coefficient (Wildman–Crippen LogP) is 4.22. The zero-order valence-electron chi connectivity index (χ0n) is 17.2. The van der Waals surface area contributed by atoms with Crippen molar-refractivity contribution in [2.45, 2.75) is 19.5 Å². The summed E-state index contributed by atoms with van der Waals surface area (Å²) in [4.78, 5) is 32.5. The molecule has 166 valence electrons. The van der Waals surface area contributed by atoms with Gasteiger partial charge in [-0.25, -0.2) is 19.7 Å². The summed E-state index contributed by atoms with van der Waals surface area (Å²) in [6.07, 6.45) is 0.0660. The number of nitrogens with zero attached hydrogens (tertiary/aromatic N) is 6. The lowest BCUT2D eigenvalue weighted by molar-refractivity contribution is -0.141. The first-order chi connectivity index (χ1) is 15.4. The van der Waals surface area contributed by atoms with Gasteiger partial charge in [0, 0.05) is 37.6 Å². The minimum Gasteiger partial charge on any atom is -0.369 e. The van der Waals surface area contributed by atoms with Crippen LogP contribution in [0.1, 0.15) is 19.0 Å². The molecule has 3 aromatic rings. The van der Waals surface area contributed by atoms with Crippen molar-refractivity contribution in [2.75, 3.05) is 34.8 Å². The number of rotatable bonds is 3. The van der Waals surface area contributed by atoms with Crippen LogP contribution in [0.3, 0.4) is 0 Å². The smallest absolute Gasteiger partial charge is 0.369 e. The van der Waals surface area contributed by atoms with Gasteiger partial charge in [-0.2, -0.15) is 13.2 Å². The van der Waals surface area contributed by atoms with Crippen molar-refractivity contribution in [3.8, 4) is 11.3 Å². The number of carbonyl (C=O) groups excluding carboxylic acids is 1. The van der Waals surface area contributed by atoms with Gasteiger partial charge in [0.25, 0.3) is 0 Å². The number of halogens is 3. The quantitative estimate of drug-likeness (QED) is 0.652. The first kappa shape index (κ1) is 21.5. The Labute approximate surface area is 182 Å². The number of anilines is 3. The molecular formula is C21H20F3N7O. The van der Waals surface area contributed by atoms with Gasteiger partial charge in [-0.3, -0.25) is 15.2 Å². The van der Waals surface area contributed by atoms with Gasteiger partial charge in [-0.1, -0.05) is 0 Å². The van der Waals surface area contributed by atoms with E-state index in [0.29, 0.717) is 36.8 Å². The fourth-order valence-corrected chi connectivity index (χ4v) is 3.51. The molecule has 3 aromatic heterocycles. The van der Waals surface area contributed by atoms with Crippen molar-refractivity contribution in [2.24, 2.45) is 0 Å². The maximum atomic E-state index is 13.1. The Balaban J connectivity index is 1.74. The van der Waals surface area contributed by atoms with E-state index in [1.54, 1.807) is 18.2 Å². The second-order valence-corrected chi connectivity index (χ2v) is 7.08. The molecule has 4 heterocycles. The van der Waals surface area contributed by atoms with Gasteiger partial charge < -0.3 is 4.90 Å². The Morgan fingerprint density at radius 1 is 1.12 bits per heavy atom. The van der Waals surface area contributed by atoms with Crippen LogP contribution < -0.4 is 15.1 Å². The summed E-state index contributed by atoms with van der Waals surface area (Å²) in [6, 6.07) is 6.98. The number of urea groups is 1. The molecule has 32 heavy (non-hydrogen) atoms. The van der Waals surface area contributed by atoms with Crippen molar-refractivity contribution < 1.29 is 18.0 Å². The van der Waals surface area contributed by atoms with Gasteiger partial charge in [0.1, 0.15) is 17.8 Å². The zero-order valence-corrected chi connectivity index (χ0v) is 17.2. The first-order valence-electron chi connectivity index (χ1n) is 10.0. The molecule has 1 aliphatic rings. The number of aromatic nitrogens is 4. The van der Waals surface area contributed by atoms with Crippen molar-refractivity contribution in [3.63, 3.8) is 0 Å². The van der Waals surface area contributed by atoms with Crippen LogP contribution in [0.25, 0.3) is 11.3 Å². The van der Waals surface area contributed by atoms with Crippen LogP contribution in [-0.4, -0.2) is 45.6 Å². The Morgan fingerprint density at radius 2 is 1.97 bits per heavy atom. The van der Waals surface area contributed by atoms with Gasteiger partial charge in [-0.15, -0.1) is 0 Å². The zero-order chi connectivity index (χ0) is 22.7. The predicted molar refractivity (Wildman–Crippen MR) is 113 cm³/mol. The lowest BCUT2D eigenvalue weighted by Gasteiger charge is -2.25. The van der Waals surface area contributed by atoms with Crippen molar-refractivity contribution in [1.29, 1.82) is 0 Å². The number of fused-ring (bicyclic) bond motifs is 1. The third kappa shape index (κ3) is 4.46. The molecular weight excluding hydrogens is 423 g/mol. The molecule has 0 unspecified atom stereocenters. The van der Waals surface area contributed by atoms with Crippen LogP contribution in [-0.2, 0) is 6.18 Å².